The lowest BCUT2D eigenvalue weighted by Crippen LogP contribution is -2.47. The van der Waals surface area contributed by atoms with Crippen LogP contribution in [0.3, 0.4) is 0 Å². The van der Waals surface area contributed by atoms with Crippen LogP contribution in [0.25, 0.3) is 0 Å². The summed E-state index contributed by atoms with van der Waals surface area (Å²) in [6, 6.07) is 0. The Morgan fingerprint density at radius 3 is 1.92 bits per heavy atom. The highest BCUT2D eigenvalue weighted by Gasteiger charge is 2.56. The van der Waals surface area contributed by atoms with Gasteiger partial charge in [-0.15, -0.1) is 0 Å². The predicted molar refractivity (Wildman–Crippen MR) is 43.7 cm³/mol. The van der Waals surface area contributed by atoms with Crippen LogP contribution in [0.15, 0.2) is 0 Å². The first-order valence-electron chi connectivity index (χ1n) is 2.73. The minimum absolute atomic E-state index is 0.751. The van der Waals surface area contributed by atoms with E-state index in [2.05, 4.69) is 31.9 Å². The molecule has 0 saturated carbocycles. The summed E-state index contributed by atoms with van der Waals surface area (Å²) in [5.41, 5.74) is 0. The van der Waals surface area contributed by atoms with Crippen LogP contribution in [0.2, 0.25) is 0 Å². The normalized spacial score (nSPS) is 19.8. The van der Waals surface area contributed by atoms with Gasteiger partial charge in [-0.25, -0.2) is 0 Å². The Hall–Kier alpha value is 0.220. The molecule has 0 fully saturated rings. The second kappa shape index (κ2) is 3.53. The van der Waals surface area contributed by atoms with E-state index < -0.39 is 21.3 Å². The Bertz CT molecular complexity index is 190. The molecule has 0 aliphatic heterocycles. The zero-order chi connectivity index (χ0) is 10.2. The van der Waals surface area contributed by atoms with Gasteiger partial charge in [-0.05, 0) is 6.92 Å². The van der Waals surface area contributed by atoms with Gasteiger partial charge in [-0.2, -0.15) is 13.2 Å². The summed E-state index contributed by atoms with van der Waals surface area (Å²) in [6.45, 7) is 0.751. The van der Waals surface area contributed by atoms with Crippen molar-refractivity contribution in [3.63, 3.8) is 0 Å². The van der Waals surface area contributed by atoms with Crippen molar-refractivity contribution >= 4 is 37.8 Å². The van der Waals surface area contributed by atoms with Gasteiger partial charge in [-0.3, -0.25) is 4.79 Å². The average Bonchev–Trinajstić information content (AvgIpc) is 1.83. The van der Waals surface area contributed by atoms with E-state index in [4.69, 9.17) is 5.11 Å². The number of hydrogen-bond acceptors (Lipinski definition) is 1. The van der Waals surface area contributed by atoms with Gasteiger partial charge < -0.3 is 5.11 Å². The molecular formula is C5H5Br2F3O2. The van der Waals surface area contributed by atoms with Gasteiger partial charge in [0.05, 0.1) is 0 Å². The molecule has 72 valence electrons. The topological polar surface area (TPSA) is 37.3 Å². The van der Waals surface area contributed by atoms with Crippen molar-refractivity contribution in [1.82, 2.24) is 0 Å². The van der Waals surface area contributed by atoms with Crippen molar-refractivity contribution in [2.45, 2.75) is 22.3 Å². The lowest BCUT2D eigenvalue weighted by atomic mass is 10.1. The van der Waals surface area contributed by atoms with E-state index in [1.165, 1.54) is 0 Å². The summed E-state index contributed by atoms with van der Waals surface area (Å²) >= 11 is 4.75. The van der Waals surface area contributed by atoms with Crippen molar-refractivity contribution in [2.24, 2.45) is 0 Å². The number of alkyl halides is 5. The van der Waals surface area contributed by atoms with Crippen LogP contribution >= 0.6 is 31.9 Å². The molecule has 0 aromatic carbocycles. The van der Waals surface area contributed by atoms with Gasteiger partial charge in [0.1, 0.15) is 9.15 Å². The van der Waals surface area contributed by atoms with Crippen LogP contribution < -0.4 is 0 Å². The number of aliphatic carboxylic acids is 1. The van der Waals surface area contributed by atoms with Crippen LogP contribution in [-0.2, 0) is 4.79 Å². The number of halogens is 5. The molecule has 0 unspecified atom stereocenters. The zero-order valence-electron chi connectivity index (χ0n) is 5.82. The maximum Gasteiger partial charge on any atom is 0.405 e. The quantitative estimate of drug-likeness (QED) is 0.796. The van der Waals surface area contributed by atoms with Gasteiger partial charge in [0.25, 0.3) is 0 Å². The second-order valence-electron chi connectivity index (χ2n) is 2.27. The van der Waals surface area contributed by atoms with Gasteiger partial charge in [0, 0.05) is 0 Å². The molecule has 2 nitrogen and oxygen atoms in total. The Balaban J connectivity index is 4.73. The predicted octanol–water partition coefficient (Wildman–Crippen LogP) is 2.55. The Labute approximate surface area is 83.4 Å². The molecule has 0 amide bonds. The zero-order valence-corrected chi connectivity index (χ0v) is 8.99. The molecule has 2 atom stereocenters. The minimum atomic E-state index is -4.61. The largest absolute Gasteiger partial charge is 0.480 e. The highest BCUT2D eigenvalue weighted by atomic mass is 79.9. The third kappa shape index (κ3) is 2.35. The van der Waals surface area contributed by atoms with Gasteiger partial charge in [-0.1, -0.05) is 31.9 Å². The van der Waals surface area contributed by atoms with Gasteiger partial charge in [0.2, 0.25) is 0 Å². The monoisotopic (exact) mass is 312 g/mol. The summed E-state index contributed by atoms with van der Waals surface area (Å²) in [5, 5.41) is 8.30. The standard InChI is InChI=1S/C5H5Br2F3O2/c1-4(7,5(8,9)10)2(6)3(11)12/h2H,1H3,(H,11,12)/t2-,4+/m1/s1. The van der Waals surface area contributed by atoms with E-state index in [0.29, 0.717) is 0 Å². The first-order valence-corrected chi connectivity index (χ1v) is 4.44. The molecular weight excluding hydrogens is 309 g/mol. The lowest BCUT2D eigenvalue weighted by molar-refractivity contribution is -0.163. The fourth-order valence-electron chi connectivity index (χ4n) is 0.376. The van der Waals surface area contributed by atoms with E-state index in [0.717, 1.165) is 6.92 Å². The molecule has 0 aliphatic carbocycles. The van der Waals surface area contributed by atoms with Crippen LogP contribution in [-0.4, -0.2) is 26.4 Å². The first kappa shape index (κ1) is 12.2. The third-order valence-corrected chi connectivity index (χ3v) is 4.08. The van der Waals surface area contributed by atoms with E-state index in [1.54, 1.807) is 0 Å². The fraction of sp³-hybridized carbons (Fsp3) is 0.800. The molecule has 0 saturated heterocycles. The average molecular weight is 314 g/mol. The summed E-state index contributed by atoms with van der Waals surface area (Å²) < 4.78 is 33.9. The number of hydrogen-bond donors (Lipinski definition) is 1. The number of carbonyl (C=O) groups is 1. The van der Waals surface area contributed by atoms with Crippen LogP contribution in [0, 0.1) is 0 Å². The summed E-state index contributed by atoms with van der Waals surface area (Å²) in [6.07, 6.45) is -4.61. The molecule has 0 aromatic rings. The number of rotatable bonds is 2. The molecule has 0 aromatic heterocycles. The molecule has 12 heavy (non-hydrogen) atoms. The van der Waals surface area contributed by atoms with Crippen molar-refractivity contribution < 1.29 is 23.1 Å². The molecule has 7 heteroatoms. The maximum atomic E-state index is 12.1. The molecule has 0 heterocycles. The SMILES string of the molecule is C[C@](Br)([C@H](Br)C(=O)O)C(F)(F)F. The molecule has 0 bridgehead atoms. The van der Waals surface area contributed by atoms with Crippen molar-refractivity contribution in [2.75, 3.05) is 0 Å². The lowest BCUT2D eigenvalue weighted by Gasteiger charge is -2.27. The fourth-order valence-corrected chi connectivity index (χ4v) is 0.831. The smallest absolute Gasteiger partial charge is 0.405 e. The van der Waals surface area contributed by atoms with Crippen LogP contribution in [0.5, 0.6) is 0 Å². The van der Waals surface area contributed by atoms with Crippen LogP contribution in [0.1, 0.15) is 6.92 Å². The van der Waals surface area contributed by atoms with E-state index >= 15 is 0 Å². The van der Waals surface area contributed by atoms with Crippen molar-refractivity contribution in [3.05, 3.63) is 0 Å². The molecule has 1 N–H and O–H groups in total. The van der Waals surface area contributed by atoms with Gasteiger partial charge in [0.15, 0.2) is 0 Å². The number of carboxylic acids is 1. The molecule has 0 spiro atoms. The third-order valence-electron chi connectivity index (χ3n) is 1.25. The highest BCUT2D eigenvalue weighted by Crippen LogP contribution is 2.42. The number of carboxylic acid groups (broad SMARTS) is 1. The highest BCUT2D eigenvalue weighted by molar-refractivity contribution is 9.12. The summed E-state index contributed by atoms with van der Waals surface area (Å²) in [4.78, 5) is 8.51. The maximum absolute atomic E-state index is 12.1. The minimum Gasteiger partial charge on any atom is -0.480 e. The Morgan fingerprint density at radius 2 is 1.83 bits per heavy atom. The van der Waals surface area contributed by atoms with E-state index in [-0.39, 0.29) is 0 Å². The second-order valence-corrected chi connectivity index (χ2v) is 4.84. The molecule has 0 aliphatic rings. The summed E-state index contributed by atoms with van der Waals surface area (Å²) in [5.74, 6) is -1.56. The molecule has 0 radical (unpaired) electrons. The van der Waals surface area contributed by atoms with Crippen molar-refractivity contribution in [1.29, 1.82) is 0 Å². The van der Waals surface area contributed by atoms with Crippen molar-refractivity contribution in [3.8, 4) is 0 Å². The van der Waals surface area contributed by atoms with Gasteiger partial charge >= 0.3 is 12.1 Å². The molecule has 0 rings (SSSR count). The van der Waals surface area contributed by atoms with Crippen LogP contribution in [0.4, 0.5) is 13.2 Å². The summed E-state index contributed by atoms with van der Waals surface area (Å²) in [7, 11) is 0. The van der Waals surface area contributed by atoms with E-state index in [1.807, 2.05) is 0 Å². The Morgan fingerprint density at radius 1 is 1.50 bits per heavy atom. The van der Waals surface area contributed by atoms with E-state index in [9.17, 15) is 18.0 Å². The Kier molecular flexibility index (Phi) is 3.59. The first-order chi connectivity index (χ1) is 5.10.